The van der Waals surface area contributed by atoms with Crippen molar-refractivity contribution in [2.24, 2.45) is 5.92 Å². The van der Waals surface area contributed by atoms with Crippen molar-refractivity contribution in [2.45, 2.75) is 181 Å². The molecule has 1 unspecified atom stereocenters. The summed E-state index contributed by atoms with van der Waals surface area (Å²) >= 11 is 0. The second-order valence-corrected chi connectivity index (χ2v) is 13.0. The summed E-state index contributed by atoms with van der Waals surface area (Å²) in [4.78, 5) is 24.2. The zero-order valence-corrected chi connectivity index (χ0v) is 29.4. The van der Waals surface area contributed by atoms with E-state index < -0.39 is 12.2 Å². The molecule has 6 nitrogen and oxygen atoms in total. The molecule has 2 atom stereocenters. The molecule has 0 aromatic heterocycles. The maximum Gasteiger partial charge on any atom is 0.306 e. The summed E-state index contributed by atoms with van der Waals surface area (Å²) in [7, 11) is 0. The topological polar surface area (TPSA) is 93.1 Å². The number of rotatable bonds is 32. The highest BCUT2D eigenvalue weighted by Crippen LogP contribution is 2.15. The summed E-state index contributed by atoms with van der Waals surface area (Å²) in [6.07, 6.45) is 35.3. The highest BCUT2D eigenvalue weighted by Gasteiger charge is 2.16. The molecule has 0 heterocycles. The number of hydrogen-bond acceptors (Lipinski definition) is 6. The van der Waals surface area contributed by atoms with Gasteiger partial charge in [0.15, 0.2) is 6.10 Å². The maximum atomic E-state index is 12.1. The predicted octanol–water partition coefficient (Wildman–Crippen LogP) is 10.1. The molecule has 262 valence electrons. The largest absolute Gasteiger partial charge is 0.462 e. The molecule has 0 aromatic rings. The first kappa shape index (κ1) is 43.1. The van der Waals surface area contributed by atoms with Crippen LogP contribution in [0.15, 0.2) is 36.5 Å². The first-order valence-corrected chi connectivity index (χ1v) is 18.5. The van der Waals surface area contributed by atoms with Gasteiger partial charge in [-0.2, -0.15) is 0 Å². The summed E-state index contributed by atoms with van der Waals surface area (Å²) < 4.78 is 10.6. The van der Waals surface area contributed by atoms with Gasteiger partial charge in [0.2, 0.25) is 0 Å². The molecule has 0 saturated carbocycles. The zero-order chi connectivity index (χ0) is 33.2. The van der Waals surface area contributed by atoms with Gasteiger partial charge in [0.05, 0.1) is 12.7 Å². The number of ether oxygens (including phenoxy) is 2. The first-order chi connectivity index (χ1) is 21.9. The Hall–Kier alpha value is -1.92. The van der Waals surface area contributed by atoms with E-state index >= 15 is 0 Å². The number of esters is 2. The molecule has 2 N–H and O–H groups in total. The molecule has 0 aromatic carbocycles. The Labute approximate surface area is 277 Å². The number of aliphatic hydroxyl groups excluding tert-OH is 2. The third-order valence-corrected chi connectivity index (χ3v) is 7.96. The molecule has 0 radical (unpaired) electrons. The van der Waals surface area contributed by atoms with E-state index in [1.807, 2.05) is 24.3 Å². The monoisotopic (exact) mass is 635 g/mol. The molecule has 0 aliphatic rings. The van der Waals surface area contributed by atoms with Crippen LogP contribution < -0.4 is 0 Å². The molecule has 0 bridgehead atoms. The van der Waals surface area contributed by atoms with Gasteiger partial charge < -0.3 is 19.7 Å². The molecule has 0 aliphatic carbocycles. The summed E-state index contributed by atoms with van der Waals surface area (Å²) in [6, 6.07) is 0. The van der Waals surface area contributed by atoms with Crippen molar-refractivity contribution in [1.82, 2.24) is 0 Å². The molecule has 0 aliphatic heterocycles. The van der Waals surface area contributed by atoms with E-state index in [0.717, 1.165) is 70.1 Å². The van der Waals surface area contributed by atoms with Crippen LogP contribution >= 0.6 is 0 Å². The van der Waals surface area contributed by atoms with Crippen LogP contribution in [0.25, 0.3) is 0 Å². The molecule has 0 amide bonds. The average molecular weight is 635 g/mol. The Bertz CT molecular complexity index is 757. The summed E-state index contributed by atoms with van der Waals surface area (Å²) in [5.41, 5.74) is 0. The Morgan fingerprint density at radius 1 is 0.667 bits per heavy atom. The lowest BCUT2D eigenvalue weighted by molar-refractivity contribution is -0.161. The molecule has 0 spiro atoms. The van der Waals surface area contributed by atoms with Gasteiger partial charge in [0.25, 0.3) is 0 Å². The summed E-state index contributed by atoms with van der Waals surface area (Å²) in [5, 5.41) is 19.3. The van der Waals surface area contributed by atoms with Crippen molar-refractivity contribution >= 4 is 11.9 Å². The highest BCUT2D eigenvalue weighted by molar-refractivity contribution is 5.70. The van der Waals surface area contributed by atoms with Crippen molar-refractivity contribution in [3.63, 3.8) is 0 Å². The summed E-state index contributed by atoms with van der Waals surface area (Å²) in [6.45, 7) is 6.24. The number of carbonyl (C=O) groups is 2. The Morgan fingerprint density at radius 3 is 1.76 bits per heavy atom. The van der Waals surface area contributed by atoms with Gasteiger partial charge >= 0.3 is 11.9 Å². The van der Waals surface area contributed by atoms with E-state index in [1.54, 1.807) is 0 Å². The maximum absolute atomic E-state index is 12.1. The normalized spacial score (nSPS) is 13.4. The number of hydrogen-bond donors (Lipinski definition) is 2. The van der Waals surface area contributed by atoms with Crippen LogP contribution in [0.4, 0.5) is 0 Å². The van der Waals surface area contributed by atoms with Gasteiger partial charge in [-0.05, 0) is 44.4 Å². The van der Waals surface area contributed by atoms with Crippen molar-refractivity contribution in [3.05, 3.63) is 36.5 Å². The van der Waals surface area contributed by atoms with Gasteiger partial charge in [-0.3, -0.25) is 9.59 Å². The second-order valence-electron chi connectivity index (χ2n) is 13.0. The van der Waals surface area contributed by atoms with E-state index in [1.165, 1.54) is 64.2 Å². The predicted molar refractivity (Wildman–Crippen MR) is 188 cm³/mol. The Kier molecular flexibility index (Phi) is 32.0. The molecule has 0 rings (SSSR count). The van der Waals surface area contributed by atoms with Crippen LogP contribution in [0, 0.1) is 5.92 Å². The Morgan fingerprint density at radius 2 is 1.20 bits per heavy atom. The fourth-order valence-corrected chi connectivity index (χ4v) is 5.13. The van der Waals surface area contributed by atoms with Crippen molar-refractivity contribution in [3.8, 4) is 0 Å². The quantitative estimate of drug-likeness (QED) is 0.0331. The fourth-order valence-electron chi connectivity index (χ4n) is 5.13. The lowest BCUT2D eigenvalue weighted by Crippen LogP contribution is -2.28. The van der Waals surface area contributed by atoms with E-state index in [2.05, 4.69) is 32.9 Å². The third kappa shape index (κ3) is 33.3. The number of unbranched alkanes of at least 4 members (excludes halogenated alkanes) is 16. The molecular formula is C39H70O6. The van der Waals surface area contributed by atoms with Crippen LogP contribution in [-0.4, -0.2) is 47.6 Å². The lowest BCUT2D eigenvalue weighted by atomic mass is 10.0. The lowest BCUT2D eigenvalue weighted by Gasteiger charge is -2.15. The minimum atomic E-state index is -0.791. The van der Waals surface area contributed by atoms with E-state index in [9.17, 15) is 19.8 Å². The van der Waals surface area contributed by atoms with E-state index in [0.29, 0.717) is 19.3 Å². The van der Waals surface area contributed by atoms with Crippen LogP contribution in [-0.2, 0) is 19.1 Å². The van der Waals surface area contributed by atoms with Crippen LogP contribution in [0.3, 0.4) is 0 Å². The second kappa shape index (κ2) is 33.4. The molecule has 0 saturated heterocycles. The SMILES string of the molecule is CC/C=C/CC(O)/C=C/C=C/CCCCCCCC(=O)OC[C@H](CO)OC(=O)CCCCCCCCCCCCCCC(C)C. The van der Waals surface area contributed by atoms with Crippen molar-refractivity contribution in [2.75, 3.05) is 13.2 Å². The highest BCUT2D eigenvalue weighted by atomic mass is 16.6. The van der Waals surface area contributed by atoms with Gasteiger partial charge in [0.1, 0.15) is 6.61 Å². The number of allylic oxidation sites excluding steroid dienone is 4. The molecule has 0 fully saturated rings. The smallest absolute Gasteiger partial charge is 0.306 e. The van der Waals surface area contributed by atoms with Crippen LogP contribution in [0.2, 0.25) is 0 Å². The van der Waals surface area contributed by atoms with Crippen LogP contribution in [0.1, 0.15) is 168 Å². The minimum absolute atomic E-state index is 0.0910. The fraction of sp³-hybridized carbons (Fsp3) is 0.795. The number of aliphatic hydroxyl groups is 2. The van der Waals surface area contributed by atoms with E-state index in [4.69, 9.17) is 9.47 Å². The average Bonchev–Trinajstić information content (AvgIpc) is 3.01. The third-order valence-electron chi connectivity index (χ3n) is 7.96. The van der Waals surface area contributed by atoms with Crippen molar-refractivity contribution in [1.29, 1.82) is 0 Å². The zero-order valence-electron chi connectivity index (χ0n) is 29.4. The molecule has 45 heavy (non-hydrogen) atoms. The standard InChI is InChI=1S/C39H70O6/c1-4-5-23-29-36(41)30-25-20-16-12-10-14-17-21-26-31-38(42)44-34-37(33-40)45-39(43)32-27-22-18-13-9-7-6-8-11-15-19-24-28-35(2)3/h5,16,20,23,25,30,35-37,40-41H,4,6-15,17-19,21-22,24,26-29,31-34H2,1-3H3/b20-16+,23-5+,30-25+/t36?,37-/m0/s1. The van der Waals surface area contributed by atoms with Gasteiger partial charge in [0, 0.05) is 12.8 Å². The minimum Gasteiger partial charge on any atom is -0.462 e. The van der Waals surface area contributed by atoms with Gasteiger partial charge in [-0.25, -0.2) is 0 Å². The first-order valence-electron chi connectivity index (χ1n) is 18.5. The Balaban J connectivity index is 3.64. The van der Waals surface area contributed by atoms with Gasteiger partial charge in [-0.15, -0.1) is 0 Å². The van der Waals surface area contributed by atoms with Crippen LogP contribution in [0.5, 0.6) is 0 Å². The molecular weight excluding hydrogens is 564 g/mol. The number of carbonyl (C=O) groups excluding carboxylic acids is 2. The van der Waals surface area contributed by atoms with E-state index in [-0.39, 0.29) is 25.2 Å². The van der Waals surface area contributed by atoms with Crippen molar-refractivity contribution < 1.29 is 29.3 Å². The summed E-state index contributed by atoms with van der Waals surface area (Å²) in [5.74, 6) is 0.190. The molecule has 6 heteroatoms. The van der Waals surface area contributed by atoms with Gasteiger partial charge in [-0.1, -0.05) is 154 Å².